The summed E-state index contributed by atoms with van der Waals surface area (Å²) in [7, 11) is 4.84. The van der Waals surface area contributed by atoms with Gasteiger partial charge in [-0.2, -0.15) is 0 Å². The number of aromatic nitrogens is 2. The van der Waals surface area contributed by atoms with Crippen LogP contribution in [-0.4, -0.2) is 43.2 Å². The van der Waals surface area contributed by atoms with Crippen LogP contribution in [-0.2, 0) is 4.74 Å². The fraction of sp³-hybridized carbons (Fsp3) is 0.125. The predicted octanol–water partition coefficient (Wildman–Crippen LogP) is 4.38. The van der Waals surface area contributed by atoms with Gasteiger partial charge in [0.2, 0.25) is 0 Å². The van der Waals surface area contributed by atoms with Crippen molar-refractivity contribution in [3.63, 3.8) is 0 Å². The van der Waals surface area contributed by atoms with E-state index in [1.54, 1.807) is 25.2 Å². The van der Waals surface area contributed by atoms with E-state index in [0.717, 1.165) is 22.3 Å². The number of anilines is 5. The van der Waals surface area contributed by atoms with Crippen LogP contribution in [0.3, 0.4) is 0 Å². The smallest absolute Gasteiger partial charge is 0.413 e. The minimum Gasteiger partial charge on any atom is -0.452 e. The number of fused-ring (bicyclic) bond motifs is 1. The third-order valence-corrected chi connectivity index (χ3v) is 5.41. The highest BCUT2D eigenvalue weighted by molar-refractivity contribution is 6.02. The fourth-order valence-electron chi connectivity index (χ4n) is 3.62. The predicted molar refractivity (Wildman–Crippen MR) is 130 cm³/mol. The van der Waals surface area contributed by atoms with Crippen LogP contribution >= 0.6 is 0 Å². The van der Waals surface area contributed by atoms with E-state index in [9.17, 15) is 9.59 Å². The van der Waals surface area contributed by atoms with Gasteiger partial charge < -0.3 is 25.7 Å². The van der Waals surface area contributed by atoms with Gasteiger partial charge in [0.15, 0.2) is 0 Å². The Morgan fingerprint density at radius 3 is 2.52 bits per heavy atom. The van der Waals surface area contributed by atoms with E-state index in [1.807, 2.05) is 54.5 Å². The Balaban J connectivity index is 1.65. The number of primary amides is 1. The number of ether oxygens (including phenoxy) is 1. The van der Waals surface area contributed by atoms with Gasteiger partial charge in [0.1, 0.15) is 5.82 Å². The second-order valence-corrected chi connectivity index (χ2v) is 7.43. The number of nitrogens with one attached hydrogen (secondary N) is 2. The number of nitrogens with zero attached hydrogens (tertiary/aromatic N) is 3. The van der Waals surface area contributed by atoms with Crippen molar-refractivity contribution in [1.82, 2.24) is 9.97 Å². The van der Waals surface area contributed by atoms with Crippen LogP contribution in [0, 0.1) is 0 Å². The van der Waals surface area contributed by atoms with Crippen LogP contribution in [0.25, 0.3) is 10.9 Å². The van der Waals surface area contributed by atoms with Gasteiger partial charge in [-0.1, -0.05) is 12.1 Å². The molecule has 9 nitrogen and oxygen atoms in total. The van der Waals surface area contributed by atoms with Crippen molar-refractivity contribution in [3.8, 4) is 0 Å². The lowest BCUT2D eigenvalue weighted by molar-refractivity contribution is 0.100. The average Bonchev–Trinajstić information content (AvgIpc) is 3.32. The van der Waals surface area contributed by atoms with Gasteiger partial charge in [-0.25, -0.2) is 9.78 Å². The molecule has 33 heavy (non-hydrogen) atoms. The molecule has 9 heteroatoms. The molecular weight excluding hydrogens is 420 g/mol. The molecule has 0 radical (unpaired) electrons. The van der Waals surface area contributed by atoms with Crippen LogP contribution in [0.1, 0.15) is 10.4 Å². The van der Waals surface area contributed by atoms with E-state index in [4.69, 9.17) is 10.5 Å². The summed E-state index contributed by atoms with van der Waals surface area (Å²) in [5.74, 6) is -0.0284. The maximum Gasteiger partial charge on any atom is 0.413 e. The molecule has 0 aliphatic heterocycles. The minimum atomic E-state index is -0.565. The second kappa shape index (κ2) is 8.91. The molecule has 4 aromatic rings. The molecule has 0 bridgehead atoms. The molecule has 0 fully saturated rings. The highest BCUT2D eigenvalue weighted by atomic mass is 16.5. The fourth-order valence-corrected chi connectivity index (χ4v) is 3.62. The van der Waals surface area contributed by atoms with Gasteiger partial charge in [0.25, 0.3) is 5.91 Å². The lowest BCUT2D eigenvalue weighted by Crippen LogP contribution is -2.25. The first-order chi connectivity index (χ1) is 15.9. The molecule has 0 spiro atoms. The topological polar surface area (TPSA) is 117 Å². The second-order valence-electron chi connectivity index (χ2n) is 7.43. The van der Waals surface area contributed by atoms with Crippen LogP contribution in [0.4, 0.5) is 33.4 Å². The molecule has 0 saturated carbocycles. The van der Waals surface area contributed by atoms with Crippen molar-refractivity contribution in [2.75, 3.05) is 36.3 Å². The van der Waals surface area contributed by atoms with E-state index in [-0.39, 0.29) is 0 Å². The van der Waals surface area contributed by atoms with Crippen molar-refractivity contribution < 1.29 is 14.3 Å². The number of para-hydroxylation sites is 1. The van der Waals surface area contributed by atoms with Gasteiger partial charge >= 0.3 is 6.09 Å². The molecule has 0 saturated heterocycles. The summed E-state index contributed by atoms with van der Waals surface area (Å²) >= 11 is 0. The number of aromatic amines is 1. The summed E-state index contributed by atoms with van der Waals surface area (Å²) in [5.41, 5.74) is 9.84. The number of hydrogen-bond acceptors (Lipinski definition) is 6. The third kappa shape index (κ3) is 4.29. The first-order valence-electron chi connectivity index (χ1n) is 10.2. The quantitative estimate of drug-likeness (QED) is 0.406. The van der Waals surface area contributed by atoms with Gasteiger partial charge in [0.05, 0.1) is 29.6 Å². The lowest BCUT2D eigenvalue weighted by atomic mass is 10.1. The van der Waals surface area contributed by atoms with Gasteiger partial charge in [-0.15, -0.1) is 0 Å². The summed E-state index contributed by atoms with van der Waals surface area (Å²) in [6.45, 7) is 0. The molecule has 168 valence electrons. The van der Waals surface area contributed by atoms with E-state index in [0.29, 0.717) is 22.8 Å². The molecule has 2 amide bonds. The Kier molecular flexibility index (Phi) is 5.86. The summed E-state index contributed by atoms with van der Waals surface area (Å²) in [4.78, 5) is 34.7. The third-order valence-electron chi connectivity index (χ3n) is 5.41. The molecule has 2 aromatic heterocycles. The molecule has 4 N–H and O–H groups in total. The number of H-pyrrole nitrogens is 1. The van der Waals surface area contributed by atoms with E-state index >= 15 is 0 Å². The number of amides is 2. The van der Waals surface area contributed by atoms with Crippen molar-refractivity contribution in [2.24, 2.45) is 5.73 Å². The van der Waals surface area contributed by atoms with Crippen LogP contribution in [0.5, 0.6) is 0 Å². The Hall–Kier alpha value is -4.53. The zero-order chi connectivity index (χ0) is 23.5. The van der Waals surface area contributed by atoms with E-state index in [1.165, 1.54) is 18.2 Å². The Morgan fingerprint density at radius 2 is 1.82 bits per heavy atom. The first-order valence-corrected chi connectivity index (χ1v) is 10.2. The van der Waals surface area contributed by atoms with Crippen molar-refractivity contribution in [2.45, 2.75) is 0 Å². The summed E-state index contributed by atoms with van der Waals surface area (Å²) in [5, 5.41) is 4.29. The molecule has 2 heterocycles. The zero-order valence-electron chi connectivity index (χ0n) is 18.5. The summed E-state index contributed by atoms with van der Waals surface area (Å²) in [6.07, 6.45) is 2.88. The Bertz CT molecular complexity index is 1320. The first kappa shape index (κ1) is 21.7. The maximum absolute atomic E-state index is 12.1. The minimum absolute atomic E-state index is 0.307. The Labute approximate surface area is 190 Å². The molecular formula is C24H24N6O3. The number of pyridine rings is 1. The number of carbonyl (C=O) groups is 2. The highest BCUT2D eigenvalue weighted by Gasteiger charge is 2.17. The number of benzene rings is 2. The van der Waals surface area contributed by atoms with Gasteiger partial charge in [-0.3, -0.25) is 9.69 Å². The normalized spacial score (nSPS) is 10.6. The Morgan fingerprint density at radius 1 is 1.06 bits per heavy atom. The van der Waals surface area contributed by atoms with E-state index in [2.05, 4.69) is 15.3 Å². The van der Waals surface area contributed by atoms with Gasteiger partial charge in [0, 0.05) is 49.3 Å². The standard InChI is InChI=1S/C24H24N6O3/c1-29(24(32)33-3)17-9-7-16(8-10-17)28-21-13-20(18(14-27-21)23(25)31)30(2)19-6-4-5-15-11-12-26-22(15)19/h4-14,26H,1-3H3,(H2,25,31)(H,27,28). The lowest BCUT2D eigenvalue weighted by Gasteiger charge is -2.23. The van der Waals surface area contributed by atoms with Crippen molar-refractivity contribution >= 4 is 51.5 Å². The number of rotatable bonds is 6. The van der Waals surface area contributed by atoms with Crippen LogP contribution < -0.4 is 20.9 Å². The van der Waals surface area contributed by atoms with Crippen molar-refractivity contribution in [3.05, 3.63) is 72.6 Å². The highest BCUT2D eigenvalue weighted by Crippen LogP contribution is 2.33. The van der Waals surface area contributed by atoms with Crippen molar-refractivity contribution in [1.29, 1.82) is 0 Å². The molecule has 2 aromatic carbocycles. The average molecular weight is 444 g/mol. The largest absolute Gasteiger partial charge is 0.452 e. The summed E-state index contributed by atoms with van der Waals surface area (Å²) < 4.78 is 4.73. The molecule has 4 rings (SSSR count). The van der Waals surface area contributed by atoms with E-state index < -0.39 is 12.0 Å². The van der Waals surface area contributed by atoms with Crippen LogP contribution in [0.15, 0.2) is 67.0 Å². The SMILES string of the molecule is COC(=O)N(C)c1ccc(Nc2cc(N(C)c3cccc4cc[nH]c34)c(C(N)=O)cn2)cc1. The number of nitrogens with two attached hydrogens (primary N) is 1. The molecule has 0 atom stereocenters. The molecule has 0 unspecified atom stereocenters. The number of methoxy groups -OCH3 is 1. The van der Waals surface area contributed by atoms with Gasteiger partial charge in [-0.05, 0) is 36.4 Å². The number of hydrogen-bond donors (Lipinski definition) is 3. The molecule has 0 aliphatic rings. The summed E-state index contributed by atoms with van der Waals surface area (Å²) in [6, 6.07) is 16.9. The number of carbonyl (C=O) groups excluding carboxylic acids is 2. The monoisotopic (exact) mass is 444 g/mol. The zero-order valence-corrected chi connectivity index (χ0v) is 18.5. The van der Waals surface area contributed by atoms with Crippen LogP contribution in [0.2, 0.25) is 0 Å². The maximum atomic E-state index is 12.1. The molecule has 0 aliphatic carbocycles.